The summed E-state index contributed by atoms with van der Waals surface area (Å²) in [6, 6.07) is 5.55. The SMILES string of the molecule is C[C@@H]1CCCCN1[C@@H]1CC(=O)N(c2ccc(Br)cc2Br)C1=O. The van der Waals surface area contributed by atoms with Gasteiger partial charge in [-0.3, -0.25) is 14.5 Å². The summed E-state index contributed by atoms with van der Waals surface area (Å²) in [5, 5.41) is 0. The van der Waals surface area contributed by atoms with E-state index in [2.05, 4.69) is 43.7 Å². The number of carbonyl (C=O) groups is 2. The van der Waals surface area contributed by atoms with E-state index >= 15 is 0 Å². The van der Waals surface area contributed by atoms with Gasteiger partial charge in [-0.2, -0.15) is 0 Å². The van der Waals surface area contributed by atoms with Crippen LogP contribution in [0.5, 0.6) is 0 Å². The molecular formula is C16H18Br2N2O2. The minimum Gasteiger partial charge on any atom is -0.289 e. The number of amides is 2. The molecule has 0 saturated carbocycles. The highest BCUT2D eigenvalue weighted by atomic mass is 79.9. The number of hydrogen-bond donors (Lipinski definition) is 0. The Morgan fingerprint density at radius 2 is 1.95 bits per heavy atom. The molecule has 0 aromatic heterocycles. The van der Waals surface area contributed by atoms with Crippen molar-refractivity contribution >= 4 is 49.4 Å². The van der Waals surface area contributed by atoms with Crippen LogP contribution in [0.2, 0.25) is 0 Å². The molecule has 2 atom stereocenters. The average molecular weight is 430 g/mol. The number of rotatable bonds is 2. The number of benzene rings is 1. The van der Waals surface area contributed by atoms with Crippen molar-refractivity contribution in [2.24, 2.45) is 0 Å². The van der Waals surface area contributed by atoms with E-state index in [-0.39, 0.29) is 24.3 Å². The third-order valence-corrected chi connectivity index (χ3v) is 5.66. The maximum absolute atomic E-state index is 12.8. The van der Waals surface area contributed by atoms with Crippen LogP contribution >= 0.6 is 31.9 Å². The number of hydrogen-bond acceptors (Lipinski definition) is 3. The zero-order chi connectivity index (χ0) is 15.9. The summed E-state index contributed by atoms with van der Waals surface area (Å²) < 4.78 is 1.65. The first-order valence-electron chi connectivity index (χ1n) is 7.56. The maximum Gasteiger partial charge on any atom is 0.251 e. The monoisotopic (exact) mass is 428 g/mol. The fraction of sp³-hybridized carbons (Fsp3) is 0.500. The quantitative estimate of drug-likeness (QED) is 0.672. The average Bonchev–Trinajstić information content (AvgIpc) is 2.75. The Hall–Kier alpha value is -0.720. The molecule has 4 nitrogen and oxygen atoms in total. The lowest BCUT2D eigenvalue weighted by molar-refractivity contribution is -0.123. The largest absolute Gasteiger partial charge is 0.289 e. The summed E-state index contributed by atoms with van der Waals surface area (Å²) >= 11 is 6.84. The first-order valence-corrected chi connectivity index (χ1v) is 9.15. The van der Waals surface area contributed by atoms with Crippen molar-refractivity contribution in [2.45, 2.75) is 44.7 Å². The van der Waals surface area contributed by atoms with Gasteiger partial charge in [0.15, 0.2) is 0 Å². The van der Waals surface area contributed by atoms with Gasteiger partial charge in [0, 0.05) is 15.0 Å². The van der Waals surface area contributed by atoms with Crippen LogP contribution in [0.3, 0.4) is 0 Å². The second-order valence-electron chi connectivity index (χ2n) is 5.97. The van der Waals surface area contributed by atoms with Gasteiger partial charge >= 0.3 is 0 Å². The molecule has 0 bridgehead atoms. The Labute approximate surface area is 147 Å². The molecule has 2 saturated heterocycles. The zero-order valence-corrected chi connectivity index (χ0v) is 15.6. The Morgan fingerprint density at radius 3 is 2.64 bits per heavy atom. The number of piperidine rings is 1. The van der Waals surface area contributed by atoms with E-state index in [4.69, 9.17) is 0 Å². The zero-order valence-electron chi connectivity index (χ0n) is 12.4. The number of carbonyl (C=O) groups excluding carboxylic acids is 2. The lowest BCUT2D eigenvalue weighted by atomic mass is 10.0. The highest BCUT2D eigenvalue weighted by molar-refractivity contribution is 9.11. The Balaban J connectivity index is 1.88. The van der Waals surface area contributed by atoms with Crippen molar-refractivity contribution in [1.82, 2.24) is 4.90 Å². The lowest BCUT2D eigenvalue weighted by Crippen LogP contribution is -2.48. The van der Waals surface area contributed by atoms with Gasteiger partial charge in [0.05, 0.1) is 18.2 Å². The second-order valence-corrected chi connectivity index (χ2v) is 7.74. The predicted molar refractivity (Wildman–Crippen MR) is 92.8 cm³/mol. The summed E-state index contributed by atoms with van der Waals surface area (Å²) in [7, 11) is 0. The third-order valence-electron chi connectivity index (χ3n) is 4.53. The van der Waals surface area contributed by atoms with Crippen LogP contribution in [0.4, 0.5) is 5.69 Å². The second kappa shape index (κ2) is 6.42. The molecule has 2 fully saturated rings. The van der Waals surface area contributed by atoms with Crippen LogP contribution in [-0.4, -0.2) is 35.3 Å². The van der Waals surface area contributed by atoms with Crippen LogP contribution < -0.4 is 4.90 Å². The molecule has 2 amide bonds. The van der Waals surface area contributed by atoms with Crippen molar-refractivity contribution < 1.29 is 9.59 Å². The van der Waals surface area contributed by atoms with Crippen molar-refractivity contribution in [3.63, 3.8) is 0 Å². The summed E-state index contributed by atoms with van der Waals surface area (Å²) in [5.41, 5.74) is 0.630. The Morgan fingerprint density at radius 1 is 1.18 bits per heavy atom. The van der Waals surface area contributed by atoms with E-state index in [0.29, 0.717) is 11.7 Å². The molecule has 0 N–H and O–H groups in total. The standard InChI is InChI=1S/C16H18Br2N2O2/c1-10-4-2-3-7-19(10)14-9-15(21)20(16(14)22)13-6-5-11(17)8-12(13)18/h5-6,8,10,14H,2-4,7,9H2,1H3/t10-,14-/m1/s1. The van der Waals surface area contributed by atoms with Gasteiger partial charge in [0.1, 0.15) is 0 Å². The first-order chi connectivity index (χ1) is 10.5. The van der Waals surface area contributed by atoms with Crippen molar-refractivity contribution in [3.05, 3.63) is 27.1 Å². The highest BCUT2D eigenvalue weighted by Gasteiger charge is 2.44. The van der Waals surface area contributed by atoms with Crippen LogP contribution in [0.25, 0.3) is 0 Å². The molecule has 2 aliphatic rings. The normalized spacial score (nSPS) is 26.8. The molecule has 2 aliphatic heterocycles. The predicted octanol–water partition coefficient (Wildman–Crippen LogP) is 3.72. The van der Waals surface area contributed by atoms with Gasteiger partial charge in [-0.15, -0.1) is 0 Å². The smallest absolute Gasteiger partial charge is 0.251 e. The molecule has 0 radical (unpaired) electrons. The first kappa shape index (κ1) is 16.1. The molecule has 6 heteroatoms. The van der Waals surface area contributed by atoms with Gasteiger partial charge in [0.25, 0.3) is 5.91 Å². The molecule has 2 heterocycles. The molecule has 0 aliphatic carbocycles. The topological polar surface area (TPSA) is 40.6 Å². The Kier molecular flexibility index (Phi) is 4.71. The molecule has 3 rings (SSSR count). The van der Waals surface area contributed by atoms with Gasteiger partial charge in [-0.25, -0.2) is 4.90 Å². The molecule has 118 valence electrons. The summed E-state index contributed by atoms with van der Waals surface area (Å²) in [5.74, 6) is -0.211. The molecule has 0 spiro atoms. The van der Waals surface area contributed by atoms with E-state index < -0.39 is 0 Å². The van der Waals surface area contributed by atoms with Gasteiger partial charge in [-0.1, -0.05) is 22.4 Å². The fourth-order valence-corrected chi connectivity index (χ4v) is 4.60. The van der Waals surface area contributed by atoms with Crippen molar-refractivity contribution in [2.75, 3.05) is 11.4 Å². The van der Waals surface area contributed by atoms with Gasteiger partial charge in [0.2, 0.25) is 5.91 Å². The van der Waals surface area contributed by atoms with Crippen LogP contribution in [0, 0.1) is 0 Å². The van der Waals surface area contributed by atoms with Gasteiger partial charge in [-0.05, 0) is 60.4 Å². The molecular weight excluding hydrogens is 412 g/mol. The van der Waals surface area contributed by atoms with E-state index in [1.54, 1.807) is 6.07 Å². The minimum absolute atomic E-state index is 0.0956. The third kappa shape index (κ3) is 2.88. The van der Waals surface area contributed by atoms with E-state index in [1.165, 1.54) is 11.3 Å². The number of imide groups is 1. The van der Waals surface area contributed by atoms with E-state index in [9.17, 15) is 9.59 Å². The Bertz CT molecular complexity index is 620. The summed E-state index contributed by atoms with van der Waals surface area (Å²) in [6.07, 6.45) is 3.68. The van der Waals surface area contributed by atoms with E-state index in [1.807, 2.05) is 12.1 Å². The van der Waals surface area contributed by atoms with Crippen molar-refractivity contribution in [1.29, 1.82) is 0 Å². The van der Waals surface area contributed by atoms with Crippen LogP contribution in [0.15, 0.2) is 27.1 Å². The minimum atomic E-state index is -0.307. The summed E-state index contributed by atoms with van der Waals surface area (Å²) in [6.45, 7) is 3.05. The summed E-state index contributed by atoms with van der Waals surface area (Å²) in [4.78, 5) is 28.8. The fourth-order valence-electron chi connectivity index (χ4n) is 3.37. The van der Waals surface area contributed by atoms with Crippen molar-refractivity contribution in [3.8, 4) is 0 Å². The molecule has 1 aromatic rings. The number of anilines is 1. The molecule has 1 aromatic carbocycles. The number of nitrogens with zero attached hydrogens (tertiary/aromatic N) is 2. The highest BCUT2D eigenvalue weighted by Crippen LogP contribution is 2.35. The van der Waals surface area contributed by atoms with Crippen LogP contribution in [-0.2, 0) is 9.59 Å². The molecule has 22 heavy (non-hydrogen) atoms. The lowest BCUT2D eigenvalue weighted by Gasteiger charge is -2.36. The number of halogens is 2. The number of likely N-dealkylation sites (tertiary alicyclic amines) is 1. The van der Waals surface area contributed by atoms with E-state index in [0.717, 1.165) is 28.3 Å². The van der Waals surface area contributed by atoms with Crippen LogP contribution in [0.1, 0.15) is 32.6 Å². The van der Waals surface area contributed by atoms with Gasteiger partial charge < -0.3 is 0 Å². The molecule has 0 unspecified atom stereocenters. The maximum atomic E-state index is 12.8.